The second kappa shape index (κ2) is 6.27. The third-order valence-corrected chi connectivity index (χ3v) is 3.44. The van der Waals surface area contributed by atoms with E-state index in [1.807, 2.05) is 0 Å². The van der Waals surface area contributed by atoms with E-state index in [9.17, 15) is 14.0 Å². The van der Waals surface area contributed by atoms with Gasteiger partial charge in [0.2, 0.25) is 5.91 Å². The molecule has 2 unspecified atom stereocenters. The highest BCUT2D eigenvalue weighted by atomic mass is 19.1. The molecule has 0 bridgehead atoms. The third kappa shape index (κ3) is 3.31. The molecule has 21 heavy (non-hydrogen) atoms. The Balaban J connectivity index is 2.10. The van der Waals surface area contributed by atoms with Crippen LogP contribution in [0, 0.1) is 30.0 Å². The summed E-state index contributed by atoms with van der Waals surface area (Å²) in [7, 11) is 0. The van der Waals surface area contributed by atoms with Crippen LogP contribution in [0.2, 0.25) is 0 Å². The first kappa shape index (κ1) is 14.9. The standard InChI is InChI=1S/C15H14FNO4/c1-2-7-21-13-8-9(16)3-6-12(13)17-14(18)10-4-5-11(10)15(19)20/h1,3,6,8,10-11H,4-5,7H2,(H,17,18)(H,19,20). The molecule has 2 atom stereocenters. The second-order valence-corrected chi connectivity index (χ2v) is 4.75. The van der Waals surface area contributed by atoms with E-state index in [0.717, 1.165) is 6.07 Å². The summed E-state index contributed by atoms with van der Waals surface area (Å²) in [4.78, 5) is 23.0. The summed E-state index contributed by atoms with van der Waals surface area (Å²) in [5.74, 6) is -0.790. The molecule has 0 aromatic heterocycles. The van der Waals surface area contributed by atoms with Crippen molar-refractivity contribution in [2.45, 2.75) is 12.8 Å². The molecule has 0 aliphatic heterocycles. The summed E-state index contributed by atoms with van der Waals surface area (Å²) in [5, 5.41) is 11.5. The Kier molecular flexibility index (Phi) is 4.43. The number of terminal acetylenes is 1. The van der Waals surface area contributed by atoms with Gasteiger partial charge in [-0.25, -0.2) is 4.39 Å². The van der Waals surface area contributed by atoms with Gasteiger partial charge in [-0.05, 0) is 25.0 Å². The number of ether oxygens (including phenoxy) is 1. The van der Waals surface area contributed by atoms with Gasteiger partial charge in [0.1, 0.15) is 18.2 Å². The summed E-state index contributed by atoms with van der Waals surface area (Å²) in [6.07, 6.45) is 6.08. The van der Waals surface area contributed by atoms with Gasteiger partial charge in [-0.15, -0.1) is 6.42 Å². The highest BCUT2D eigenvalue weighted by molar-refractivity contribution is 5.97. The zero-order valence-corrected chi connectivity index (χ0v) is 11.1. The van der Waals surface area contributed by atoms with E-state index in [2.05, 4.69) is 11.2 Å². The van der Waals surface area contributed by atoms with Gasteiger partial charge in [0, 0.05) is 6.07 Å². The number of aliphatic carboxylic acids is 1. The van der Waals surface area contributed by atoms with Crippen LogP contribution in [0.1, 0.15) is 12.8 Å². The lowest BCUT2D eigenvalue weighted by molar-refractivity contribution is -0.151. The van der Waals surface area contributed by atoms with Crippen LogP contribution in [-0.2, 0) is 9.59 Å². The lowest BCUT2D eigenvalue weighted by Crippen LogP contribution is -2.41. The van der Waals surface area contributed by atoms with Crippen LogP contribution >= 0.6 is 0 Å². The minimum Gasteiger partial charge on any atom is -0.481 e. The molecule has 5 nitrogen and oxygen atoms in total. The van der Waals surface area contributed by atoms with Crippen molar-refractivity contribution in [2.24, 2.45) is 11.8 Å². The summed E-state index contributed by atoms with van der Waals surface area (Å²) in [6, 6.07) is 3.64. The number of halogens is 1. The molecular weight excluding hydrogens is 277 g/mol. The zero-order chi connectivity index (χ0) is 15.4. The van der Waals surface area contributed by atoms with Crippen molar-refractivity contribution < 1.29 is 23.8 Å². The van der Waals surface area contributed by atoms with E-state index in [0.29, 0.717) is 12.8 Å². The summed E-state index contributed by atoms with van der Waals surface area (Å²) in [6.45, 7) is -0.0620. The number of carboxylic acid groups (broad SMARTS) is 1. The van der Waals surface area contributed by atoms with Gasteiger partial charge < -0.3 is 15.2 Å². The minimum atomic E-state index is -0.982. The molecule has 110 valence electrons. The molecule has 1 aromatic carbocycles. The fourth-order valence-corrected chi connectivity index (χ4v) is 2.17. The van der Waals surface area contributed by atoms with Crippen molar-refractivity contribution in [3.8, 4) is 18.1 Å². The lowest BCUT2D eigenvalue weighted by Gasteiger charge is -2.32. The number of amides is 1. The molecule has 0 radical (unpaired) electrons. The number of carboxylic acids is 1. The predicted molar refractivity (Wildman–Crippen MR) is 73.2 cm³/mol. The fourth-order valence-electron chi connectivity index (χ4n) is 2.17. The topological polar surface area (TPSA) is 75.6 Å². The number of carbonyl (C=O) groups excluding carboxylic acids is 1. The minimum absolute atomic E-state index is 0.0620. The first-order chi connectivity index (χ1) is 10.0. The molecule has 1 saturated carbocycles. The number of anilines is 1. The Labute approximate surface area is 121 Å². The molecule has 1 aromatic rings. The average Bonchev–Trinajstić information content (AvgIpc) is 2.37. The molecule has 1 amide bonds. The van der Waals surface area contributed by atoms with E-state index in [4.69, 9.17) is 16.3 Å². The molecule has 0 spiro atoms. The van der Waals surface area contributed by atoms with Gasteiger partial charge in [-0.1, -0.05) is 5.92 Å². The van der Waals surface area contributed by atoms with Crippen LogP contribution in [0.5, 0.6) is 5.75 Å². The van der Waals surface area contributed by atoms with Crippen molar-refractivity contribution in [2.75, 3.05) is 11.9 Å². The molecule has 0 saturated heterocycles. The van der Waals surface area contributed by atoms with Gasteiger partial charge in [0.25, 0.3) is 0 Å². The van der Waals surface area contributed by atoms with E-state index in [1.54, 1.807) is 0 Å². The largest absolute Gasteiger partial charge is 0.481 e. The van der Waals surface area contributed by atoms with Crippen LogP contribution in [0.25, 0.3) is 0 Å². The van der Waals surface area contributed by atoms with Gasteiger partial charge in [-0.2, -0.15) is 0 Å². The number of carbonyl (C=O) groups is 2. The summed E-state index contributed by atoms with van der Waals surface area (Å²) in [5.41, 5.74) is 0.271. The molecule has 1 fully saturated rings. The monoisotopic (exact) mass is 291 g/mol. The van der Waals surface area contributed by atoms with Gasteiger partial charge in [0.15, 0.2) is 0 Å². The number of rotatable bonds is 5. The Morgan fingerprint density at radius 1 is 1.43 bits per heavy atom. The quantitative estimate of drug-likeness (QED) is 0.812. The number of hydrogen-bond donors (Lipinski definition) is 2. The second-order valence-electron chi connectivity index (χ2n) is 4.75. The average molecular weight is 291 g/mol. The molecule has 2 N–H and O–H groups in total. The summed E-state index contributed by atoms with van der Waals surface area (Å²) >= 11 is 0. The van der Waals surface area contributed by atoms with Crippen LogP contribution in [0.15, 0.2) is 18.2 Å². The van der Waals surface area contributed by atoms with E-state index in [-0.39, 0.29) is 18.0 Å². The first-order valence-corrected chi connectivity index (χ1v) is 6.42. The van der Waals surface area contributed by atoms with Gasteiger partial charge >= 0.3 is 5.97 Å². The number of nitrogens with one attached hydrogen (secondary N) is 1. The van der Waals surface area contributed by atoms with E-state index >= 15 is 0 Å². The number of benzene rings is 1. The fraction of sp³-hybridized carbons (Fsp3) is 0.333. The van der Waals surface area contributed by atoms with Gasteiger partial charge in [-0.3, -0.25) is 9.59 Å². The molecular formula is C15H14FNO4. The smallest absolute Gasteiger partial charge is 0.307 e. The van der Waals surface area contributed by atoms with Crippen molar-refractivity contribution in [1.29, 1.82) is 0 Å². The SMILES string of the molecule is C#CCOc1cc(F)ccc1NC(=O)C1CCC1C(=O)O. The lowest BCUT2D eigenvalue weighted by atomic mass is 9.73. The molecule has 2 rings (SSSR count). The van der Waals surface area contributed by atoms with Crippen molar-refractivity contribution in [3.63, 3.8) is 0 Å². The maximum atomic E-state index is 13.2. The maximum absolute atomic E-state index is 13.2. The van der Waals surface area contributed by atoms with Crippen LogP contribution in [0.3, 0.4) is 0 Å². The molecule has 0 heterocycles. The first-order valence-electron chi connectivity index (χ1n) is 6.42. The maximum Gasteiger partial charge on any atom is 0.307 e. The van der Waals surface area contributed by atoms with Gasteiger partial charge in [0.05, 0.1) is 17.5 Å². The molecule has 6 heteroatoms. The molecule has 1 aliphatic rings. The van der Waals surface area contributed by atoms with E-state index in [1.165, 1.54) is 12.1 Å². The summed E-state index contributed by atoms with van der Waals surface area (Å²) < 4.78 is 18.4. The van der Waals surface area contributed by atoms with E-state index < -0.39 is 29.5 Å². The highest BCUT2D eigenvalue weighted by Gasteiger charge is 2.41. The Hall–Kier alpha value is -2.55. The third-order valence-electron chi connectivity index (χ3n) is 3.44. The Morgan fingerprint density at radius 3 is 2.71 bits per heavy atom. The highest BCUT2D eigenvalue weighted by Crippen LogP contribution is 2.36. The Bertz CT molecular complexity index is 608. The van der Waals surface area contributed by atoms with Crippen LogP contribution < -0.4 is 10.1 Å². The zero-order valence-electron chi connectivity index (χ0n) is 11.1. The van der Waals surface area contributed by atoms with Crippen LogP contribution in [0.4, 0.5) is 10.1 Å². The molecule has 1 aliphatic carbocycles. The number of hydrogen-bond acceptors (Lipinski definition) is 3. The van der Waals surface area contributed by atoms with Crippen molar-refractivity contribution >= 4 is 17.6 Å². The van der Waals surface area contributed by atoms with Crippen molar-refractivity contribution in [1.82, 2.24) is 0 Å². The predicted octanol–water partition coefficient (Wildman–Crippen LogP) is 1.89. The normalized spacial score (nSPS) is 20.0. The van der Waals surface area contributed by atoms with Crippen LogP contribution in [-0.4, -0.2) is 23.6 Å². The van der Waals surface area contributed by atoms with Crippen molar-refractivity contribution in [3.05, 3.63) is 24.0 Å². The Morgan fingerprint density at radius 2 is 2.14 bits per heavy atom.